The number of aliphatic carboxylic acids is 1. The SMILES string of the molecule is O=C(O)CCCc1cc2ncccc2n1S(=O)(=O)c1cccc(C(F)(F)F)c1. The summed E-state index contributed by atoms with van der Waals surface area (Å²) in [6, 6.07) is 8.01. The van der Waals surface area contributed by atoms with Crippen molar-refractivity contribution in [3.05, 3.63) is 59.9 Å². The first-order valence-corrected chi connectivity index (χ1v) is 9.64. The Bertz CT molecular complexity index is 1140. The van der Waals surface area contributed by atoms with Crippen LogP contribution in [0.3, 0.4) is 0 Å². The number of hydrogen-bond acceptors (Lipinski definition) is 4. The molecule has 0 saturated carbocycles. The number of carbonyl (C=O) groups is 1. The van der Waals surface area contributed by atoms with Crippen molar-refractivity contribution in [1.29, 1.82) is 0 Å². The van der Waals surface area contributed by atoms with Crippen LogP contribution in [0.5, 0.6) is 0 Å². The molecule has 10 heteroatoms. The largest absolute Gasteiger partial charge is 0.481 e. The molecule has 3 rings (SSSR count). The summed E-state index contributed by atoms with van der Waals surface area (Å²) in [5.41, 5.74) is -0.253. The molecule has 0 bridgehead atoms. The number of alkyl halides is 3. The van der Waals surface area contributed by atoms with Crippen molar-refractivity contribution in [2.45, 2.75) is 30.3 Å². The number of aromatic nitrogens is 2. The van der Waals surface area contributed by atoms with Crippen LogP contribution in [-0.4, -0.2) is 28.5 Å². The summed E-state index contributed by atoms with van der Waals surface area (Å²) in [4.78, 5) is 14.3. The number of fused-ring (bicyclic) bond motifs is 1. The van der Waals surface area contributed by atoms with Gasteiger partial charge in [0.2, 0.25) is 0 Å². The molecule has 28 heavy (non-hydrogen) atoms. The highest BCUT2D eigenvalue weighted by atomic mass is 32.2. The highest BCUT2D eigenvalue weighted by molar-refractivity contribution is 7.90. The second kappa shape index (κ2) is 7.27. The highest BCUT2D eigenvalue weighted by Gasteiger charge is 2.32. The summed E-state index contributed by atoms with van der Waals surface area (Å²) in [6.07, 6.45) is -3.11. The lowest BCUT2D eigenvalue weighted by atomic mass is 10.2. The molecule has 0 unspecified atom stereocenters. The van der Waals surface area contributed by atoms with Gasteiger partial charge < -0.3 is 5.11 Å². The molecule has 0 aliphatic carbocycles. The number of hydrogen-bond donors (Lipinski definition) is 1. The first kappa shape index (κ1) is 19.9. The molecule has 0 aliphatic rings. The molecule has 0 atom stereocenters. The second-order valence-corrected chi connectivity index (χ2v) is 7.87. The van der Waals surface area contributed by atoms with E-state index in [0.717, 1.165) is 22.2 Å². The summed E-state index contributed by atoms with van der Waals surface area (Å²) in [7, 11) is -4.36. The van der Waals surface area contributed by atoms with Gasteiger partial charge in [0.15, 0.2) is 0 Å². The number of aryl methyl sites for hydroxylation is 1. The van der Waals surface area contributed by atoms with Gasteiger partial charge in [0.1, 0.15) is 0 Å². The van der Waals surface area contributed by atoms with E-state index in [-0.39, 0.29) is 30.5 Å². The van der Waals surface area contributed by atoms with E-state index < -0.39 is 32.6 Å². The lowest BCUT2D eigenvalue weighted by Crippen LogP contribution is -2.17. The Morgan fingerprint density at radius 1 is 1.14 bits per heavy atom. The zero-order valence-corrected chi connectivity index (χ0v) is 15.2. The van der Waals surface area contributed by atoms with Gasteiger partial charge in [-0.15, -0.1) is 0 Å². The number of halogens is 3. The molecule has 0 saturated heterocycles. The Morgan fingerprint density at radius 3 is 2.57 bits per heavy atom. The molecule has 3 aromatic rings. The van der Waals surface area contributed by atoms with Gasteiger partial charge >= 0.3 is 12.1 Å². The van der Waals surface area contributed by atoms with E-state index in [4.69, 9.17) is 5.11 Å². The van der Waals surface area contributed by atoms with Crippen molar-refractivity contribution < 1.29 is 31.5 Å². The van der Waals surface area contributed by atoms with Crippen LogP contribution in [0.2, 0.25) is 0 Å². The summed E-state index contributed by atoms with van der Waals surface area (Å²) < 4.78 is 66.3. The molecule has 0 spiro atoms. The van der Waals surface area contributed by atoms with Crippen molar-refractivity contribution in [3.63, 3.8) is 0 Å². The van der Waals surface area contributed by atoms with Gasteiger partial charge in [-0.1, -0.05) is 6.07 Å². The molecule has 148 valence electrons. The van der Waals surface area contributed by atoms with Crippen molar-refractivity contribution >= 4 is 27.0 Å². The van der Waals surface area contributed by atoms with Crippen molar-refractivity contribution in [3.8, 4) is 0 Å². The van der Waals surface area contributed by atoms with E-state index in [1.807, 2.05) is 0 Å². The monoisotopic (exact) mass is 412 g/mol. The third kappa shape index (κ3) is 3.86. The number of rotatable bonds is 6. The van der Waals surface area contributed by atoms with E-state index >= 15 is 0 Å². The van der Waals surface area contributed by atoms with Crippen LogP contribution in [0.1, 0.15) is 24.1 Å². The summed E-state index contributed by atoms with van der Waals surface area (Å²) in [5, 5.41) is 8.80. The molecule has 0 amide bonds. The van der Waals surface area contributed by atoms with Gasteiger partial charge in [-0.05, 0) is 49.2 Å². The van der Waals surface area contributed by atoms with E-state index in [9.17, 15) is 26.4 Å². The minimum absolute atomic E-state index is 0.112. The Balaban J connectivity index is 2.14. The topological polar surface area (TPSA) is 89.3 Å². The number of pyridine rings is 1. The summed E-state index contributed by atoms with van der Waals surface area (Å²) in [6.45, 7) is 0. The fourth-order valence-electron chi connectivity index (χ4n) is 2.88. The van der Waals surface area contributed by atoms with Gasteiger partial charge in [0, 0.05) is 18.3 Å². The summed E-state index contributed by atoms with van der Waals surface area (Å²) in [5.74, 6) is -1.03. The molecule has 1 aromatic carbocycles. The van der Waals surface area contributed by atoms with Crippen LogP contribution in [0.15, 0.2) is 53.6 Å². The molecular weight excluding hydrogens is 397 g/mol. The zero-order chi connectivity index (χ0) is 20.5. The smallest absolute Gasteiger partial charge is 0.416 e. The molecule has 2 heterocycles. The van der Waals surface area contributed by atoms with Crippen LogP contribution in [0, 0.1) is 0 Å². The Labute approximate surface area is 158 Å². The predicted molar refractivity (Wildman–Crippen MR) is 94.3 cm³/mol. The maximum atomic E-state index is 13.2. The normalized spacial score (nSPS) is 12.4. The van der Waals surface area contributed by atoms with Crippen LogP contribution in [0.25, 0.3) is 11.0 Å². The van der Waals surface area contributed by atoms with Gasteiger partial charge in [-0.2, -0.15) is 13.2 Å². The number of carboxylic acids is 1. The predicted octanol–water partition coefficient (Wildman–Crippen LogP) is 3.70. The van der Waals surface area contributed by atoms with E-state index in [1.54, 1.807) is 0 Å². The van der Waals surface area contributed by atoms with Gasteiger partial charge in [-0.3, -0.25) is 9.78 Å². The maximum Gasteiger partial charge on any atom is 0.416 e. The fraction of sp³-hybridized carbons (Fsp3) is 0.222. The molecule has 6 nitrogen and oxygen atoms in total. The van der Waals surface area contributed by atoms with Crippen molar-refractivity contribution in [2.24, 2.45) is 0 Å². The third-order valence-corrected chi connectivity index (χ3v) is 5.88. The average Bonchev–Trinajstić information content (AvgIpc) is 2.99. The molecule has 2 aromatic heterocycles. The Hall–Kier alpha value is -2.88. The minimum atomic E-state index is -4.68. The highest BCUT2D eigenvalue weighted by Crippen LogP contribution is 2.32. The molecular formula is C18H15F3N2O4S. The quantitative estimate of drug-likeness (QED) is 0.667. The third-order valence-electron chi connectivity index (χ3n) is 4.12. The van der Waals surface area contributed by atoms with Crippen LogP contribution >= 0.6 is 0 Å². The Kier molecular flexibility index (Phi) is 5.16. The van der Waals surface area contributed by atoms with Crippen LogP contribution in [0.4, 0.5) is 13.2 Å². The maximum absolute atomic E-state index is 13.2. The average molecular weight is 412 g/mol. The zero-order valence-electron chi connectivity index (χ0n) is 14.3. The van der Waals surface area contributed by atoms with E-state index in [2.05, 4.69) is 4.98 Å². The first-order valence-electron chi connectivity index (χ1n) is 8.20. The second-order valence-electron chi connectivity index (χ2n) is 6.09. The summed E-state index contributed by atoms with van der Waals surface area (Å²) >= 11 is 0. The fourth-order valence-corrected chi connectivity index (χ4v) is 4.48. The molecule has 0 fully saturated rings. The molecule has 0 radical (unpaired) electrons. The lowest BCUT2D eigenvalue weighted by molar-refractivity contribution is -0.138. The standard InChI is InChI=1S/C18H15F3N2O4S/c19-18(20,21)12-4-1-6-14(10-12)28(26,27)23-13(5-2-8-17(24)25)11-15-16(23)7-3-9-22-15/h1,3-4,6-7,9-11H,2,5,8H2,(H,24,25). The van der Waals surface area contributed by atoms with Crippen molar-refractivity contribution in [1.82, 2.24) is 8.96 Å². The number of carboxylic acid groups (broad SMARTS) is 1. The van der Waals surface area contributed by atoms with Crippen LogP contribution in [-0.2, 0) is 27.4 Å². The van der Waals surface area contributed by atoms with E-state index in [1.165, 1.54) is 24.4 Å². The van der Waals surface area contributed by atoms with Gasteiger partial charge in [0.25, 0.3) is 10.0 Å². The minimum Gasteiger partial charge on any atom is -0.481 e. The number of nitrogens with zero attached hydrogens (tertiary/aromatic N) is 2. The number of benzene rings is 1. The molecule has 0 aliphatic heterocycles. The first-order chi connectivity index (χ1) is 13.1. The van der Waals surface area contributed by atoms with E-state index in [0.29, 0.717) is 11.6 Å². The van der Waals surface area contributed by atoms with Gasteiger partial charge in [-0.25, -0.2) is 12.4 Å². The molecule has 1 N–H and O–H groups in total. The Morgan fingerprint density at radius 2 is 1.89 bits per heavy atom. The van der Waals surface area contributed by atoms with Crippen molar-refractivity contribution in [2.75, 3.05) is 0 Å². The van der Waals surface area contributed by atoms with Gasteiger partial charge in [0.05, 0.1) is 21.5 Å². The van der Waals surface area contributed by atoms with Crippen LogP contribution < -0.4 is 0 Å². The lowest BCUT2D eigenvalue weighted by Gasteiger charge is -2.13.